The van der Waals surface area contributed by atoms with Gasteiger partial charge in [0, 0.05) is 0 Å². The number of amides is 2. The predicted octanol–water partition coefficient (Wildman–Crippen LogP) is 1.09. The summed E-state index contributed by atoms with van der Waals surface area (Å²) >= 11 is 5.54. The van der Waals surface area contributed by atoms with E-state index in [1.54, 1.807) is 12.1 Å². The van der Waals surface area contributed by atoms with Crippen LogP contribution in [-0.4, -0.2) is 31.0 Å². The Morgan fingerprint density at radius 2 is 2.00 bits per heavy atom. The second-order valence-corrected chi connectivity index (χ2v) is 3.63. The van der Waals surface area contributed by atoms with Crippen LogP contribution in [0.15, 0.2) is 30.3 Å². The molecule has 1 atom stereocenters. The maximum atomic E-state index is 11.5. The highest BCUT2D eigenvalue weighted by molar-refractivity contribution is 6.19. The van der Waals surface area contributed by atoms with Gasteiger partial charge < -0.3 is 10.1 Å². The molecule has 0 heterocycles. The van der Waals surface area contributed by atoms with E-state index in [1.165, 1.54) is 7.11 Å². The zero-order valence-electron chi connectivity index (χ0n) is 9.77. The molecule has 0 aliphatic rings. The first-order chi connectivity index (χ1) is 8.67. The van der Waals surface area contributed by atoms with Gasteiger partial charge in [0.2, 0.25) is 0 Å². The van der Waals surface area contributed by atoms with Crippen LogP contribution in [0.1, 0.15) is 0 Å². The lowest BCUT2D eigenvalue weighted by Gasteiger charge is -2.15. The summed E-state index contributed by atoms with van der Waals surface area (Å²) in [4.78, 5) is 22.6. The molecule has 0 aliphatic carbocycles. The Kier molecular flexibility index (Phi) is 5.79. The van der Waals surface area contributed by atoms with Crippen LogP contribution in [0.4, 0.5) is 10.5 Å². The number of hydrogen-bond acceptors (Lipinski definition) is 4. The number of hydrazine groups is 1. The predicted molar refractivity (Wildman–Crippen MR) is 68.3 cm³/mol. The molecule has 1 aromatic carbocycles. The third-order valence-corrected chi connectivity index (χ3v) is 2.35. The maximum Gasteiger partial charge on any atom is 0.334 e. The highest BCUT2D eigenvalue weighted by Gasteiger charge is 2.19. The molecule has 1 aromatic rings. The Bertz CT molecular complexity index is 400. The zero-order chi connectivity index (χ0) is 13.4. The number of benzene rings is 1. The van der Waals surface area contributed by atoms with Crippen molar-refractivity contribution in [3.8, 4) is 0 Å². The van der Waals surface area contributed by atoms with Crippen LogP contribution >= 0.6 is 11.6 Å². The average Bonchev–Trinajstić information content (AvgIpc) is 2.42. The molecule has 0 saturated carbocycles. The number of methoxy groups -OCH3 is 1. The van der Waals surface area contributed by atoms with Crippen molar-refractivity contribution in [1.29, 1.82) is 0 Å². The number of nitrogens with one attached hydrogen (secondary N) is 3. The first-order valence-corrected chi connectivity index (χ1v) is 5.72. The van der Waals surface area contributed by atoms with Crippen molar-refractivity contribution in [3.63, 3.8) is 0 Å². The van der Waals surface area contributed by atoms with Gasteiger partial charge in [0.1, 0.15) is 6.04 Å². The maximum absolute atomic E-state index is 11.5. The molecule has 2 amide bonds. The first-order valence-electron chi connectivity index (χ1n) is 5.18. The largest absolute Gasteiger partial charge is 0.467 e. The van der Waals surface area contributed by atoms with Crippen LogP contribution in [0, 0.1) is 0 Å². The van der Waals surface area contributed by atoms with E-state index in [-0.39, 0.29) is 5.88 Å². The summed E-state index contributed by atoms with van der Waals surface area (Å²) in [5.41, 5.74) is 5.77. The van der Waals surface area contributed by atoms with Crippen molar-refractivity contribution < 1.29 is 14.3 Å². The number of anilines is 1. The minimum atomic E-state index is -0.880. The van der Waals surface area contributed by atoms with Gasteiger partial charge in [-0.2, -0.15) is 0 Å². The number of carbonyl (C=O) groups is 2. The molecule has 0 aliphatic heterocycles. The molecule has 0 saturated heterocycles. The Morgan fingerprint density at radius 3 is 2.56 bits per heavy atom. The van der Waals surface area contributed by atoms with Crippen LogP contribution < -0.4 is 16.2 Å². The minimum Gasteiger partial charge on any atom is -0.467 e. The van der Waals surface area contributed by atoms with Crippen molar-refractivity contribution in [2.24, 2.45) is 0 Å². The van der Waals surface area contributed by atoms with Gasteiger partial charge in [0.15, 0.2) is 0 Å². The molecule has 7 heteroatoms. The number of alkyl halides is 1. The molecule has 6 nitrogen and oxygen atoms in total. The third-order valence-electron chi connectivity index (χ3n) is 2.04. The molecule has 98 valence electrons. The average molecular weight is 272 g/mol. The lowest BCUT2D eigenvalue weighted by molar-refractivity contribution is -0.142. The van der Waals surface area contributed by atoms with Gasteiger partial charge in [0.25, 0.3) is 0 Å². The van der Waals surface area contributed by atoms with Gasteiger partial charge in [-0.3, -0.25) is 10.9 Å². The number of halogens is 1. The lowest BCUT2D eigenvalue weighted by atomic mass is 10.3. The van der Waals surface area contributed by atoms with Crippen LogP contribution in [0.25, 0.3) is 0 Å². The summed E-state index contributed by atoms with van der Waals surface area (Å²) in [6.45, 7) is 0. The summed E-state index contributed by atoms with van der Waals surface area (Å²) in [6, 6.07) is 7.59. The summed E-state index contributed by atoms with van der Waals surface area (Å²) in [5.74, 6) is -0.661. The third kappa shape index (κ3) is 4.50. The van der Waals surface area contributed by atoms with Crippen molar-refractivity contribution >= 4 is 29.3 Å². The van der Waals surface area contributed by atoms with E-state index < -0.39 is 18.0 Å². The summed E-state index contributed by atoms with van der Waals surface area (Å²) in [5, 5.41) is 2.37. The van der Waals surface area contributed by atoms with E-state index in [4.69, 9.17) is 11.6 Å². The molecular formula is C11H14ClN3O3. The molecule has 1 rings (SSSR count). The molecular weight excluding hydrogens is 258 g/mol. The van der Waals surface area contributed by atoms with E-state index >= 15 is 0 Å². The Labute approximate surface area is 110 Å². The molecule has 1 unspecified atom stereocenters. The second kappa shape index (κ2) is 7.39. The van der Waals surface area contributed by atoms with Gasteiger partial charge >= 0.3 is 12.0 Å². The molecule has 3 N–H and O–H groups in total. The number of carbonyl (C=O) groups excluding carboxylic acids is 2. The van der Waals surface area contributed by atoms with E-state index in [0.29, 0.717) is 5.69 Å². The number of ether oxygens (including phenoxy) is 1. The SMILES string of the molecule is COC(=O)C(CCl)NC(=O)NNc1ccccc1. The van der Waals surface area contributed by atoms with Crippen LogP contribution in [0.3, 0.4) is 0 Å². The van der Waals surface area contributed by atoms with E-state index in [9.17, 15) is 9.59 Å². The highest BCUT2D eigenvalue weighted by Crippen LogP contribution is 2.02. The minimum absolute atomic E-state index is 0.0641. The van der Waals surface area contributed by atoms with Crippen LogP contribution in [0.5, 0.6) is 0 Å². The highest BCUT2D eigenvalue weighted by atomic mass is 35.5. The monoisotopic (exact) mass is 271 g/mol. The second-order valence-electron chi connectivity index (χ2n) is 3.32. The topological polar surface area (TPSA) is 79.5 Å². The first kappa shape index (κ1) is 14.1. The molecule has 0 radical (unpaired) electrons. The zero-order valence-corrected chi connectivity index (χ0v) is 10.5. The van der Waals surface area contributed by atoms with E-state index in [0.717, 1.165) is 0 Å². The smallest absolute Gasteiger partial charge is 0.334 e. The van der Waals surface area contributed by atoms with Crippen molar-refractivity contribution in [1.82, 2.24) is 10.7 Å². The number of hydrogen-bond donors (Lipinski definition) is 3. The van der Waals surface area contributed by atoms with E-state index in [2.05, 4.69) is 20.9 Å². The van der Waals surface area contributed by atoms with Crippen molar-refractivity contribution in [2.75, 3.05) is 18.4 Å². The summed E-state index contributed by atoms with van der Waals surface area (Å²) in [6.07, 6.45) is 0. The van der Waals surface area contributed by atoms with Gasteiger partial charge in [-0.05, 0) is 12.1 Å². The summed E-state index contributed by atoms with van der Waals surface area (Å²) in [7, 11) is 1.23. The van der Waals surface area contributed by atoms with Crippen molar-refractivity contribution in [3.05, 3.63) is 30.3 Å². The van der Waals surface area contributed by atoms with Gasteiger partial charge in [-0.1, -0.05) is 18.2 Å². The van der Waals surface area contributed by atoms with Gasteiger partial charge in [-0.15, -0.1) is 11.6 Å². The fourth-order valence-electron chi connectivity index (χ4n) is 1.15. The Balaban J connectivity index is 2.39. The summed E-state index contributed by atoms with van der Waals surface area (Å²) < 4.78 is 4.48. The molecule has 0 bridgehead atoms. The van der Waals surface area contributed by atoms with Crippen molar-refractivity contribution in [2.45, 2.75) is 6.04 Å². The van der Waals surface area contributed by atoms with Gasteiger partial charge in [-0.25, -0.2) is 9.59 Å². The standard InChI is InChI=1S/C11H14ClN3O3/c1-18-10(16)9(7-12)13-11(17)15-14-8-5-3-2-4-6-8/h2-6,9,14H,7H2,1H3,(H2,13,15,17). The normalized spacial score (nSPS) is 11.2. The molecule has 0 spiro atoms. The number of esters is 1. The fraction of sp³-hybridized carbons (Fsp3) is 0.273. The number of para-hydroxylation sites is 1. The molecule has 18 heavy (non-hydrogen) atoms. The Hall–Kier alpha value is -1.95. The number of urea groups is 1. The quantitative estimate of drug-likeness (QED) is 0.426. The molecule has 0 fully saturated rings. The van der Waals surface area contributed by atoms with Gasteiger partial charge in [0.05, 0.1) is 18.7 Å². The Morgan fingerprint density at radius 1 is 1.33 bits per heavy atom. The van der Waals surface area contributed by atoms with E-state index in [1.807, 2.05) is 18.2 Å². The number of rotatable bonds is 5. The fourth-order valence-corrected chi connectivity index (χ4v) is 1.35. The molecule has 0 aromatic heterocycles. The lowest BCUT2D eigenvalue weighted by Crippen LogP contribution is -2.48. The van der Waals surface area contributed by atoms with Crippen LogP contribution in [-0.2, 0) is 9.53 Å². The van der Waals surface area contributed by atoms with Crippen LogP contribution in [0.2, 0.25) is 0 Å².